The summed E-state index contributed by atoms with van der Waals surface area (Å²) in [6.45, 7) is 2.89. The minimum absolute atomic E-state index is 0.161. The molecule has 2 N–H and O–H groups in total. The van der Waals surface area contributed by atoms with Gasteiger partial charge in [0, 0.05) is 5.33 Å². The molecule has 4 heteroatoms. The highest BCUT2D eigenvalue weighted by Crippen LogP contribution is 1.85. The zero-order chi connectivity index (χ0) is 8.57. The molecule has 62 valence electrons. The van der Waals surface area contributed by atoms with Crippen LogP contribution < -0.4 is 0 Å². The van der Waals surface area contributed by atoms with Crippen molar-refractivity contribution in [2.45, 2.75) is 20.0 Å². The number of hydrogen-bond donors (Lipinski definition) is 2. The summed E-state index contributed by atoms with van der Waals surface area (Å²) in [6, 6.07) is 0. The molecule has 0 heterocycles. The van der Waals surface area contributed by atoms with Crippen molar-refractivity contribution in [3.63, 3.8) is 0 Å². The van der Waals surface area contributed by atoms with E-state index in [0.717, 1.165) is 0 Å². The quantitative estimate of drug-likeness (QED) is 0.650. The molecule has 0 bridgehead atoms. The summed E-state index contributed by atoms with van der Waals surface area (Å²) in [4.78, 5) is 9.44. The molecule has 0 aliphatic carbocycles. The molecule has 0 amide bonds. The lowest BCUT2D eigenvalue weighted by molar-refractivity contribution is -0.114. The van der Waals surface area contributed by atoms with Gasteiger partial charge >= 0.3 is 0 Å². The van der Waals surface area contributed by atoms with Gasteiger partial charge in [-0.3, -0.25) is 0 Å². The fourth-order valence-electron chi connectivity index (χ4n) is 0.0488. The highest BCUT2D eigenvalue weighted by atomic mass is 79.9. The van der Waals surface area contributed by atoms with Crippen LogP contribution in [0.25, 0.3) is 0 Å². The number of halogens is 1. The number of carbonyl (C=O) groups is 1. The van der Waals surface area contributed by atoms with Crippen LogP contribution >= 0.6 is 15.9 Å². The second kappa shape index (κ2) is 9.07. The van der Waals surface area contributed by atoms with Gasteiger partial charge in [-0.05, 0) is 13.8 Å². The van der Waals surface area contributed by atoms with E-state index in [0.29, 0.717) is 5.33 Å². The Morgan fingerprint density at radius 3 is 1.90 bits per heavy atom. The molecule has 0 aliphatic heterocycles. The summed E-state index contributed by atoms with van der Waals surface area (Å²) in [6.07, 6.45) is -0.593. The van der Waals surface area contributed by atoms with Crippen LogP contribution in [-0.4, -0.2) is 34.0 Å². The number of aliphatic hydroxyl groups is 2. The van der Waals surface area contributed by atoms with Gasteiger partial charge in [0.25, 0.3) is 0 Å². The second-order valence-corrected chi connectivity index (χ2v) is 2.55. The van der Waals surface area contributed by atoms with Gasteiger partial charge in [-0.1, -0.05) is 15.9 Å². The number of hydrogen-bond acceptors (Lipinski definition) is 3. The Hall–Kier alpha value is 0.0700. The number of aliphatic hydroxyl groups excluding tert-OH is 2. The van der Waals surface area contributed by atoms with Gasteiger partial charge in [0.1, 0.15) is 5.78 Å². The minimum Gasteiger partial charge on any atom is -0.394 e. The third-order valence-corrected chi connectivity index (χ3v) is 1.14. The topological polar surface area (TPSA) is 57.5 Å². The Labute approximate surface area is 69.2 Å². The molecule has 0 rings (SSSR count). The van der Waals surface area contributed by atoms with Crippen molar-refractivity contribution >= 4 is 21.7 Å². The summed E-state index contributed by atoms with van der Waals surface area (Å²) in [5, 5.41) is 16.9. The zero-order valence-corrected chi connectivity index (χ0v) is 7.76. The van der Waals surface area contributed by atoms with Gasteiger partial charge in [0.2, 0.25) is 0 Å². The van der Waals surface area contributed by atoms with Crippen LogP contribution in [0.15, 0.2) is 0 Å². The molecule has 1 atom stereocenters. The number of carbonyl (C=O) groups excluding carboxylic acids is 1. The molecule has 0 saturated carbocycles. The zero-order valence-electron chi connectivity index (χ0n) is 6.17. The molecule has 0 aromatic heterocycles. The first-order valence-electron chi connectivity index (χ1n) is 2.86. The fourth-order valence-corrected chi connectivity index (χ4v) is 0.254. The SMILES string of the molecule is CC(C)=O.OC[C@@H](O)CBr. The fraction of sp³-hybridized carbons (Fsp3) is 0.833. The molecular weight excluding hydrogens is 200 g/mol. The van der Waals surface area contributed by atoms with E-state index in [1.165, 1.54) is 13.8 Å². The summed E-state index contributed by atoms with van der Waals surface area (Å²) >= 11 is 2.96. The van der Waals surface area contributed by atoms with Gasteiger partial charge in [0.05, 0.1) is 12.7 Å². The normalized spacial score (nSPS) is 11.3. The molecule has 0 fully saturated rings. The van der Waals surface area contributed by atoms with Crippen LogP contribution in [0.4, 0.5) is 0 Å². The van der Waals surface area contributed by atoms with Crippen molar-refractivity contribution < 1.29 is 15.0 Å². The van der Waals surface area contributed by atoms with Crippen molar-refractivity contribution in [3.8, 4) is 0 Å². The predicted octanol–water partition coefficient (Wildman–Crippen LogP) is 0.330. The van der Waals surface area contributed by atoms with E-state index in [4.69, 9.17) is 10.2 Å². The van der Waals surface area contributed by atoms with Gasteiger partial charge in [-0.15, -0.1) is 0 Å². The first-order valence-corrected chi connectivity index (χ1v) is 3.98. The standard InChI is InChI=1S/C3H7BrO2.C3H6O/c4-1-3(6)2-5;1-3(2)4/h3,5-6H,1-2H2;1-2H3/t3-;/m0./s1. The van der Waals surface area contributed by atoms with Crippen LogP contribution in [0.5, 0.6) is 0 Å². The van der Waals surface area contributed by atoms with E-state index in [1.54, 1.807) is 0 Å². The molecule has 0 aliphatic rings. The van der Waals surface area contributed by atoms with E-state index < -0.39 is 6.10 Å². The van der Waals surface area contributed by atoms with Crippen LogP contribution in [0.3, 0.4) is 0 Å². The third kappa shape index (κ3) is 24.4. The van der Waals surface area contributed by atoms with Gasteiger partial charge in [-0.25, -0.2) is 0 Å². The van der Waals surface area contributed by atoms with Crippen LogP contribution in [0, 0.1) is 0 Å². The van der Waals surface area contributed by atoms with Crippen molar-refractivity contribution in [2.75, 3.05) is 11.9 Å². The highest BCUT2D eigenvalue weighted by Gasteiger charge is 1.93. The van der Waals surface area contributed by atoms with Crippen molar-refractivity contribution in [1.82, 2.24) is 0 Å². The lowest BCUT2D eigenvalue weighted by Crippen LogP contribution is -2.12. The Morgan fingerprint density at radius 2 is 1.90 bits per heavy atom. The third-order valence-electron chi connectivity index (χ3n) is 0.389. The number of ketones is 1. The molecule has 0 spiro atoms. The van der Waals surface area contributed by atoms with Crippen LogP contribution in [0.1, 0.15) is 13.8 Å². The second-order valence-electron chi connectivity index (χ2n) is 1.90. The van der Waals surface area contributed by atoms with E-state index in [9.17, 15) is 4.79 Å². The summed E-state index contributed by atoms with van der Waals surface area (Å²) in [5.74, 6) is 0.167. The van der Waals surface area contributed by atoms with Crippen LogP contribution in [-0.2, 0) is 4.79 Å². The molecule has 3 nitrogen and oxygen atoms in total. The van der Waals surface area contributed by atoms with Crippen LogP contribution in [0.2, 0.25) is 0 Å². The number of Topliss-reactive ketones (excluding diaryl/α,β-unsaturated/α-hetero) is 1. The maximum atomic E-state index is 9.44. The molecule has 10 heavy (non-hydrogen) atoms. The lowest BCUT2D eigenvalue weighted by Gasteiger charge is -1.96. The monoisotopic (exact) mass is 212 g/mol. The van der Waals surface area contributed by atoms with Gasteiger partial charge in [0.15, 0.2) is 0 Å². The van der Waals surface area contributed by atoms with Crippen molar-refractivity contribution in [3.05, 3.63) is 0 Å². The van der Waals surface area contributed by atoms with E-state index >= 15 is 0 Å². The Bertz CT molecular complexity index is 77.1. The van der Waals surface area contributed by atoms with Gasteiger partial charge < -0.3 is 15.0 Å². The Kier molecular flexibility index (Phi) is 11.5. The predicted molar refractivity (Wildman–Crippen MR) is 43.2 cm³/mol. The molecular formula is C6H13BrO3. The summed E-state index contributed by atoms with van der Waals surface area (Å²) < 4.78 is 0. The Balaban J connectivity index is 0. The molecule has 0 aromatic carbocycles. The summed E-state index contributed by atoms with van der Waals surface area (Å²) in [5.41, 5.74) is 0. The highest BCUT2D eigenvalue weighted by molar-refractivity contribution is 9.09. The lowest BCUT2D eigenvalue weighted by atomic mass is 10.5. The first-order chi connectivity index (χ1) is 4.54. The molecule has 0 radical (unpaired) electrons. The number of rotatable bonds is 2. The van der Waals surface area contributed by atoms with E-state index in [1.807, 2.05) is 0 Å². The van der Waals surface area contributed by atoms with E-state index in [-0.39, 0.29) is 12.4 Å². The van der Waals surface area contributed by atoms with Crippen molar-refractivity contribution in [1.29, 1.82) is 0 Å². The van der Waals surface area contributed by atoms with E-state index in [2.05, 4.69) is 15.9 Å². The maximum absolute atomic E-state index is 9.44. The largest absolute Gasteiger partial charge is 0.394 e. The average molecular weight is 213 g/mol. The summed E-state index contributed by atoms with van der Waals surface area (Å²) in [7, 11) is 0. The average Bonchev–Trinajstić information content (AvgIpc) is 1.85. The molecule has 0 aromatic rings. The molecule has 0 saturated heterocycles. The smallest absolute Gasteiger partial charge is 0.126 e. The first kappa shape index (κ1) is 12.7. The Morgan fingerprint density at radius 1 is 1.60 bits per heavy atom. The maximum Gasteiger partial charge on any atom is 0.126 e. The van der Waals surface area contributed by atoms with Crippen molar-refractivity contribution in [2.24, 2.45) is 0 Å². The van der Waals surface area contributed by atoms with Gasteiger partial charge in [-0.2, -0.15) is 0 Å². The minimum atomic E-state index is -0.593. The number of alkyl halides is 1. The molecule has 0 unspecified atom stereocenters.